The van der Waals surface area contributed by atoms with Crippen molar-refractivity contribution in [2.75, 3.05) is 20.6 Å². The zero-order valence-corrected chi connectivity index (χ0v) is 15.9. The van der Waals surface area contributed by atoms with Gasteiger partial charge in [0.05, 0.1) is 34.1 Å². The average molecular weight is 371 g/mol. The molecule has 1 aromatic heterocycles. The molecule has 2 fully saturated rings. The van der Waals surface area contributed by atoms with E-state index in [-0.39, 0.29) is 5.41 Å². The van der Waals surface area contributed by atoms with E-state index >= 15 is 0 Å². The summed E-state index contributed by atoms with van der Waals surface area (Å²) in [4.78, 5) is 7.18. The van der Waals surface area contributed by atoms with Gasteiger partial charge in [-0.1, -0.05) is 23.2 Å². The zero-order valence-electron chi connectivity index (χ0n) is 15.2. The van der Waals surface area contributed by atoms with Gasteiger partial charge in [0.15, 0.2) is 0 Å². The quantitative estimate of drug-likeness (QED) is 0.880. The van der Waals surface area contributed by atoms with Crippen molar-refractivity contribution in [1.82, 2.24) is 25.2 Å². The highest BCUT2D eigenvalue weighted by Gasteiger charge is 2.48. The second-order valence-electron chi connectivity index (χ2n) is 7.69. The lowest BCUT2D eigenvalue weighted by Gasteiger charge is -2.40. The summed E-state index contributed by atoms with van der Waals surface area (Å²) in [5, 5.41) is 12.8. The summed E-state index contributed by atoms with van der Waals surface area (Å²) < 4.78 is 1.80. The van der Waals surface area contributed by atoms with Crippen LogP contribution in [0, 0.1) is 0 Å². The van der Waals surface area contributed by atoms with Crippen molar-refractivity contribution in [3.05, 3.63) is 34.6 Å². The molecule has 3 aliphatic rings. The number of hydrogen-bond donors (Lipinski definition) is 1. The summed E-state index contributed by atoms with van der Waals surface area (Å²) in [5.74, 6) is 1.07. The molecule has 1 N–H and O–H groups in total. The van der Waals surface area contributed by atoms with Gasteiger partial charge in [-0.05, 0) is 57.0 Å². The van der Waals surface area contributed by atoms with Crippen LogP contribution in [0.1, 0.15) is 49.4 Å². The third-order valence-corrected chi connectivity index (χ3v) is 6.63. The van der Waals surface area contributed by atoms with Gasteiger partial charge in [-0.2, -0.15) is 0 Å². The first kappa shape index (κ1) is 16.3. The first-order chi connectivity index (χ1) is 12.6. The SMILES string of the molecule is CNC1=Nc2cc(-n3cc(C4CCCN4C)nn3)c(Cl)cc2C12CCC2. The summed E-state index contributed by atoms with van der Waals surface area (Å²) in [6.07, 6.45) is 7.86. The number of nitrogens with zero attached hydrogens (tertiary/aromatic N) is 5. The van der Waals surface area contributed by atoms with Crippen LogP contribution in [0.15, 0.2) is 23.3 Å². The van der Waals surface area contributed by atoms with Gasteiger partial charge in [0.1, 0.15) is 11.5 Å². The molecule has 7 heteroatoms. The van der Waals surface area contributed by atoms with E-state index in [9.17, 15) is 0 Å². The van der Waals surface area contributed by atoms with E-state index in [1.165, 1.54) is 18.4 Å². The van der Waals surface area contributed by atoms with Crippen LogP contribution in [0.5, 0.6) is 0 Å². The smallest absolute Gasteiger partial charge is 0.113 e. The molecule has 3 heterocycles. The first-order valence-corrected chi connectivity index (χ1v) is 9.74. The highest BCUT2D eigenvalue weighted by atomic mass is 35.5. The van der Waals surface area contributed by atoms with E-state index in [0.717, 1.165) is 48.7 Å². The summed E-state index contributed by atoms with van der Waals surface area (Å²) >= 11 is 6.67. The normalized spacial score (nSPS) is 23.8. The Kier molecular flexibility index (Phi) is 3.62. The van der Waals surface area contributed by atoms with Gasteiger partial charge in [0.2, 0.25) is 0 Å². The van der Waals surface area contributed by atoms with Crippen molar-refractivity contribution < 1.29 is 0 Å². The van der Waals surface area contributed by atoms with Crippen molar-refractivity contribution in [1.29, 1.82) is 0 Å². The van der Waals surface area contributed by atoms with Crippen LogP contribution in [0.2, 0.25) is 5.02 Å². The topological polar surface area (TPSA) is 58.3 Å². The highest BCUT2D eigenvalue weighted by molar-refractivity contribution is 6.32. The Bertz CT molecular complexity index is 897. The molecule has 2 aliphatic heterocycles. The van der Waals surface area contributed by atoms with Crippen molar-refractivity contribution >= 4 is 23.1 Å². The van der Waals surface area contributed by atoms with Gasteiger partial charge in [-0.25, -0.2) is 9.67 Å². The fourth-order valence-electron chi connectivity index (χ4n) is 4.72. The van der Waals surface area contributed by atoms with Crippen LogP contribution >= 0.6 is 11.6 Å². The molecule has 1 aromatic carbocycles. The van der Waals surface area contributed by atoms with Crippen molar-refractivity contribution in [2.24, 2.45) is 4.99 Å². The molecule has 1 atom stereocenters. The Morgan fingerprint density at radius 3 is 2.77 bits per heavy atom. The predicted octanol–water partition coefficient (Wildman–Crippen LogP) is 3.37. The fourth-order valence-corrected chi connectivity index (χ4v) is 4.97. The monoisotopic (exact) mass is 370 g/mol. The second kappa shape index (κ2) is 5.79. The van der Waals surface area contributed by atoms with Gasteiger partial charge >= 0.3 is 0 Å². The Balaban J connectivity index is 1.54. The molecule has 2 aromatic rings. The number of nitrogens with one attached hydrogen (secondary N) is 1. The molecular weight excluding hydrogens is 348 g/mol. The number of fused-ring (bicyclic) bond motifs is 2. The van der Waals surface area contributed by atoms with Crippen LogP contribution in [-0.4, -0.2) is 46.4 Å². The summed E-state index contributed by atoms with van der Waals surface area (Å²) in [7, 11) is 4.10. The number of likely N-dealkylation sites (tertiary alicyclic amines) is 1. The van der Waals surface area contributed by atoms with E-state index in [0.29, 0.717) is 11.1 Å². The number of hydrogen-bond acceptors (Lipinski definition) is 5. The van der Waals surface area contributed by atoms with Crippen LogP contribution in [0.25, 0.3) is 5.69 Å². The van der Waals surface area contributed by atoms with E-state index in [4.69, 9.17) is 16.6 Å². The lowest BCUT2D eigenvalue weighted by Crippen LogP contribution is -2.45. The van der Waals surface area contributed by atoms with Crippen LogP contribution < -0.4 is 5.32 Å². The number of rotatable bonds is 2. The average Bonchev–Trinajstić information content (AvgIpc) is 3.29. The van der Waals surface area contributed by atoms with Crippen LogP contribution in [0.4, 0.5) is 5.69 Å². The predicted molar refractivity (Wildman–Crippen MR) is 103 cm³/mol. The lowest BCUT2D eigenvalue weighted by molar-refractivity contribution is 0.311. The number of halogens is 1. The maximum atomic E-state index is 6.67. The van der Waals surface area contributed by atoms with Gasteiger partial charge in [0.25, 0.3) is 0 Å². The molecule has 1 spiro atoms. The molecule has 0 bridgehead atoms. The van der Waals surface area contributed by atoms with Crippen LogP contribution in [-0.2, 0) is 5.41 Å². The number of benzene rings is 1. The zero-order chi connectivity index (χ0) is 17.9. The van der Waals surface area contributed by atoms with E-state index in [2.05, 4.69) is 39.7 Å². The molecule has 1 saturated carbocycles. The fraction of sp³-hybridized carbons (Fsp3) is 0.526. The third kappa shape index (κ3) is 2.18. The van der Waals surface area contributed by atoms with Crippen LogP contribution in [0.3, 0.4) is 0 Å². The lowest BCUT2D eigenvalue weighted by atomic mass is 9.64. The Labute approximate surface area is 158 Å². The van der Waals surface area contributed by atoms with Gasteiger partial charge in [-0.3, -0.25) is 4.90 Å². The first-order valence-electron chi connectivity index (χ1n) is 9.36. The van der Waals surface area contributed by atoms with E-state index < -0.39 is 0 Å². The number of aromatic nitrogens is 3. The minimum absolute atomic E-state index is 0.0480. The molecule has 5 rings (SSSR count). The molecule has 0 radical (unpaired) electrons. The van der Waals surface area contributed by atoms with Crippen molar-refractivity contribution in [3.63, 3.8) is 0 Å². The van der Waals surface area contributed by atoms with Gasteiger partial charge in [0, 0.05) is 7.05 Å². The molecule has 136 valence electrons. The minimum Gasteiger partial charge on any atom is -0.376 e. The molecule has 0 amide bonds. The number of aliphatic imine (C=N–C) groups is 1. The minimum atomic E-state index is 0.0480. The molecular formula is C19H23ClN6. The highest BCUT2D eigenvalue weighted by Crippen LogP contribution is 2.53. The van der Waals surface area contributed by atoms with Crippen molar-refractivity contribution in [3.8, 4) is 5.69 Å². The Morgan fingerprint density at radius 1 is 1.27 bits per heavy atom. The van der Waals surface area contributed by atoms with Gasteiger partial charge < -0.3 is 5.32 Å². The maximum absolute atomic E-state index is 6.67. The van der Waals surface area contributed by atoms with E-state index in [1.54, 1.807) is 4.68 Å². The number of amidine groups is 1. The maximum Gasteiger partial charge on any atom is 0.113 e. The molecule has 1 aliphatic carbocycles. The van der Waals surface area contributed by atoms with Gasteiger partial charge in [-0.15, -0.1) is 5.10 Å². The van der Waals surface area contributed by atoms with E-state index in [1.807, 2.05) is 13.2 Å². The number of likely N-dealkylation sites (N-methyl/N-ethyl adjacent to an activating group) is 1. The Hall–Kier alpha value is -1.92. The molecule has 1 unspecified atom stereocenters. The standard InChI is InChI=1S/C19H23ClN6/c1-21-18-19(6-4-7-19)12-9-13(20)17(10-14(12)22-18)26-11-15(23-24-26)16-5-3-8-25(16)2/h9-11,16H,3-8H2,1-2H3,(H,21,22). The second-order valence-corrected chi connectivity index (χ2v) is 8.10. The summed E-state index contributed by atoms with van der Waals surface area (Å²) in [6.45, 7) is 1.11. The Morgan fingerprint density at radius 2 is 2.12 bits per heavy atom. The molecule has 26 heavy (non-hydrogen) atoms. The third-order valence-electron chi connectivity index (χ3n) is 6.33. The van der Waals surface area contributed by atoms with Crippen molar-refractivity contribution in [2.45, 2.75) is 43.6 Å². The molecule has 6 nitrogen and oxygen atoms in total. The largest absolute Gasteiger partial charge is 0.376 e. The summed E-state index contributed by atoms with van der Waals surface area (Å²) in [6, 6.07) is 4.49. The summed E-state index contributed by atoms with van der Waals surface area (Å²) in [5.41, 5.74) is 4.16. The molecule has 1 saturated heterocycles.